The third-order valence-electron chi connectivity index (χ3n) is 3.83. The normalized spacial score (nSPS) is 13.7. The van der Waals surface area contributed by atoms with Gasteiger partial charge in [-0.2, -0.15) is 0 Å². The van der Waals surface area contributed by atoms with E-state index in [1.807, 2.05) is 25.1 Å². The summed E-state index contributed by atoms with van der Waals surface area (Å²) in [7, 11) is 0. The second-order valence-corrected chi connectivity index (χ2v) is 5.09. The van der Waals surface area contributed by atoms with E-state index in [2.05, 4.69) is 11.0 Å². The van der Waals surface area contributed by atoms with Gasteiger partial charge in [-0.05, 0) is 48.7 Å². The van der Waals surface area contributed by atoms with Crippen molar-refractivity contribution in [1.29, 1.82) is 0 Å². The first-order chi connectivity index (χ1) is 9.15. The highest BCUT2D eigenvalue weighted by Gasteiger charge is 2.21. The standard InChI is InChI=1S/C16H17FN2/c1-11-9-13(17)6-5-12(11)10-19-8-7-14-15(18)3-2-4-16(14)19/h2-6,9H,7-8,10,18H2,1H3. The van der Waals surface area contributed by atoms with Crippen LogP contribution in [0.2, 0.25) is 0 Å². The van der Waals surface area contributed by atoms with Crippen molar-refractivity contribution < 1.29 is 4.39 Å². The average Bonchev–Trinajstić information content (AvgIpc) is 2.78. The molecule has 0 spiro atoms. The van der Waals surface area contributed by atoms with Crippen molar-refractivity contribution in [2.24, 2.45) is 0 Å². The Hall–Kier alpha value is -2.03. The fraction of sp³-hybridized carbons (Fsp3) is 0.250. The van der Waals surface area contributed by atoms with Crippen molar-refractivity contribution in [1.82, 2.24) is 0 Å². The van der Waals surface area contributed by atoms with Crippen LogP contribution < -0.4 is 10.6 Å². The molecule has 2 N–H and O–H groups in total. The molecular formula is C16H17FN2. The number of benzene rings is 2. The molecular weight excluding hydrogens is 239 g/mol. The van der Waals surface area contributed by atoms with Gasteiger partial charge in [-0.1, -0.05) is 12.1 Å². The number of anilines is 2. The number of halogens is 1. The minimum absolute atomic E-state index is 0.174. The van der Waals surface area contributed by atoms with Crippen LogP contribution in [0.5, 0.6) is 0 Å². The SMILES string of the molecule is Cc1cc(F)ccc1CN1CCc2c(N)cccc21. The Balaban J connectivity index is 1.89. The number of nitrogens with zero attached hydrogens (tertiary/aromatic N) is 1. The molecule has 98 valence electrons. The summed E-state index contributed by atoms with van der Waals surface area (Å²) in [5.41, 5.74) is 11.5. The number of nitrogens with two attached hydrogens (primary N) is 1. The molecule has 19 heavy (non-hydrogen) atoms. The molecule has 0 unspecified atom stereocenters. The molecule has 0 aromatic heterocycles. The third-order valence-corrected chi connectivity index (χ3v) is 3.83. The summed E-state index contributed by atoms with van der Waals surface area (Å²) in [6.45, 7) is 3.73. The fourth-order valence-electron chi connectivity index (χ4n) is 2.73. The maximum absolute atomic E-state index is 13.1. The summed E-state index contributed by atoms with van der Waals surface area (Å²) < 4.78 is 13.1. The summed E-state index contributed by atoms with van der Waals surface area (Å²) in [5.74, 6) is -0.174. The van der Waals surface area contributed by atoms with Gasteiger partial charge >= 0.3 is 0 Å². The number of hydrogen-bond acceptors (Lipinski definition) is 2. The molecule has 0 saturated carbocycles. The van der Waals surface area contributed by atoms with Crippen LogP contribution in [0.25, 0.3) is 0 Å². The van der Waals surface area contributed by atoms with Gasteiger partial charge in [-0.15, -0.1) is 0 Å². The second kappa shape index (κ2) is 4.57. The molecule has 0 radical (unpaired) electrons. The van der Waals surface area contributed by atoms with Crippen LogP contribution in [0.15, 0.2) is 36.4 Å². The van der Waals surface area contributed by atoms with Gasteiger partial charge < -0.3 is 10.6 Å². The first-order valence-corrected chi connectivity index (χ1v) is 6.52. The molecule has 0 amide bonds. The van der Waals surface area contributed by atoms with Gasteiger partial charge in [0.2, 0.25) is 0 Å². The zero-order valence-electron chi connectivity index (χ0n) is 11.0. The van der Waals surface area contributed by atoms with Crippen molar-refractivity contribution in [2.45, 2.75) is 19.9 Å². The van der Waals surface area contributed by atoms with Crippen LogP contribution in [0.3, 0.4) is 0 Å². The van der Waals surface area contributed by atoms with Gasteiger partial charge in [0, 0.05) is 30.0 Å². The molecule has 1 aliphatic heterocycles. The molecule has 2 aromatic carbocycles. The van der Waals surface area contributed by atoms with E-state index in [0.29, 0.717) is 0 Å². The number of aryl methyl sites for hydroxylation is 1. The smallest absolute Gasteiger partial charge is 0.123 e. The van der Waals surface area contributed by atoms with Gasteiger partial charge in [-0.3, -0.25) is 0 Å². The predicted octanol–water partition coefficient (Wildman–Crippen LogP) is 3.28. The van der Waals surface area contributed by atoms with E-state index in [1.54, 1.807) is 6.07 Å². The fourth-order valence-corrected chi connectivity index (χ4v) is 2.73. The lowest BCUT2D eigenvalue weighted by molar-refractivity contribution is 0.625. The third kappa shape index (κ3) is 2.16. The number of fused-ring (bicyclic) bond motifs is 1. The molecule has 3 heteroatoms. The van der Waals surface area contributed by atoms with Crippen LogP contribution in [-0.4, -0.2) is 6.54 Å². The molecule has 0 fully saturated rings. The number of hydrogen-bond donors (Lipinski definition) is 1. The highest BCUT2D eigenvalue weighted by molar-refractivity contribution is 5.68. The van der Waals surface area contributed by atoms with Crippen LogP contribution in [-0.2, 0) is 13.0 Å². The summed E-state index contributed by atoms with van der Waals surface area (Å²) in [6, 6.07) is 11.0. The average molecular weight is 256 g/mol. The largest absolute Gasteiger partial charge is 0.398 e. The van der Waals surface area contributed by atoms with Crippen molar-refractivity contribution >= 4 is 11.4 Å². The minimum Gasteiger partial charge on any atom is -0.398 e. The Morgan fingerprint density at radius 3 is 2.89 bits per heavy atom. The Morgan fingerprint density at radius 1 is 1.26 bits per heavy atom. The van der Waals surface area contributed by atoms with Crippen LogP contribution in [0.4, 0.5) is 15.8 Å². The summed E-state index contributed by atoms with van der Waals surface area (Å²) in [5, 5.41) is 0. The van der Waals surface area contributed by atoms with E-state index in [-0.39, 0.29) is 5.82 Å². The lowest BCUT2D eigenvalue weighted by Crippen LogP contribution is -2.20. The van der Waals surface area contributed by atoms with Gasteiger partial charge in [-0.25, -0.2) is 4.39 Å². The molecule has 1 aliphatic rings. The van der Waals surface area contributed by atoms with Crippen molar-refractivity contribution in [3.8, 4) is 0 Å². The van der Waals surface area contributed by atoms with Crippen molar-refractivity contribution in [2.75, 3.05) is 17.2 Å². The van der Waals surface area contributed by atoms with Gasteiger partial charge in [0.05, 0.1) is 0 Å². The van der Waals surface area contributed by atoms with Crippen LogP contribution >= 0.6 is 0 Å². The maximum Gasteiger partial charge on any atom is 0.123 e. The predicted molar refractivity (Wildman–Crippen MR) is 76.7 cm³/mol. The Morgan fingerprint density at radius 2 is 2.11 bits per heavy atom. The van der Waals surface area contributed by atoms with E-state index >= 15 is 0 Å². The quantitative estimate of drug-likeness (QED) is 0.835. The highest BCUT2D eigenvalue weighted by Crippen LogP contribution is 2.33. The van der Waals surface area contributed by atoms with Gasteiger partial charge in [0.25, 0.3) is 0 Å². The Labute approximate surface area is 112 Å². The number of rotatable bonds is 2. The van der Waals surface area contributed by atoms with Crippen LogP contribution in [0, 0.1) is 12.7 Å². The monoisotopic (exact) mass is 256 g/mol. The number of nitrogen functional groups attached to an aromatic ring is 1. The van der Waals surface area contributed by atoms with Gasteiger partial charge in [0.1, 0.15) is 5.82 Å². The maximum atomic E-state index is 13.1. The molecule has 0 aliphatic carbocycles. The lowest BCUT2D eigenvalue weighted by atomic mass is 10.1. The molecule has 3 rings (SSSR count). The van der Waals surface area contributed by atoms with E-state index < -0.39 is 0 Å². The lowest BCUT2D eigenvalue weighted by Gasteiger charge is -2.20. The minimum atomic E-state index is -0.174. The van der Waals surface area contributed by atoms with Crippen molar-refractivity contribution in [3.63, 3.8) is 0 Å². The summed E-state index contributed by atoms with van der Waals surface area (Å²) in [6.07, 6.45) is 0.988. The van der Waals surface area contributed by atoms with E-state index in [4.69, 9.17) is 5.73 Å². The summed E-state index contributed by atoms with van der Waals surface area (Å²) in [4.78, 5) is 2.31. The molecule has 1 heterocycles. The van der Waals surface area contributed by atoms with Crippen molar-refractivity contribution in [3.05, 3.63) is 58.9 Å². The molecule has 0 saturated heterocycles. The summed E-state index contributed by atoms with van der Waals surface area (Å²) >= 11 is 0. The molecule has 0 bridgehead atoms. The first kappa shape index (κ1) is 12.0. The Kier molecular flexibility index (Phi) is 2.90. The van der Waals surface area contributed by atoms with E-state index in [1.165, 1.54) is 17.3 Å². The van der Waals surface area contributed by atoms with Crippen LogP contribution in [0.1, 0.15) is 16.7 Å². The second-order valence-electron chi connectivity index (χ2n) is 5.09. The topological polar surface area (TPSA) is 29.3 Å². The first-order valence-electron chi connectivity index (χ1n) is 6.52. The zero-order valence-corrected chi connectivity index (χ0v) is 11.0. The Bertz CT molecular complexity index is 622. The zero-order chi connectivity index (χ0) is 13.4. The molecule has 0 atom stereocenters. The van der Waals surface area contributed by atoms with E-state index in [0.717, 1.165) is 36.3 Å². The molecule has 2 nitrogen and oxygen atoms in total. The van der Waals surface area contributed by atoms with E-state index in [9.17, 15) is 4.39 Å². The highest BCUT2D eigenvalue weighted by atomic mass is 19.1. The molecule has 2 aromatic rings. The van der Waals surface area contributed by atoms with Gasteiger partial charge in [0.15, 0.2) is 0 Å².